The summed E-state index contributed by atoms with van der Waals surface area (Å²) in [4.78, 5) is 16.7. The van der Waals surface area contributed by atoms with Gasteiger partial charge in [-0.3, -0.25) is 0 Å². The predicted octanol–water partition coefficient (Wildman–Crippen LogP) is 4.48. The number of halogens is 1. The number of esters is 1. The lowest BCUT2D eigenvalue weighted by molar-refractivity contribution is 0.0595. The molecule has 0 spiro atoms. The number of ether oxygens (including phenoxy) is 1. The van der Waals surface area contributed by atoms with E-state index in [0.717, 1.165) is 10.4 Å². The second-order valence-electron chi connectivity index (χ2n) is 4.41. The third-order valence-corrected chi connectivity index (χ3v) is 4.38. The zero-order valence-corrected chi connectivity index (χ0v) is 13.3. The second-order valence-corrected chi connectivity index (χ2v) is 6.69. The zero-order valence-electron chi connectivity index (χ0n) is 10.9. The number of rotatable bonds is 3. The lowest BCUT2D eigenvalue weighted by Gasteiger charge is -2.06. The van der Waals surface area contributed by atoms with Crippen LogP contribution in [-0.4, -0.2) is 18.1 Å². The molecule has 1 heterocycles. The minimum Gasteiger partial charge on any atom is -0.464 e. The molecule has 0 atom stereocenters. The largest absolute Gasteiger partial charge is 0.464 e. The Balaban J connectivity index is 2.44. The highest BCUT2D eigenvalue weighted by Gasteiger charge is 2.19. The van der Waals surface area contributed by atoms with Crippen LogP contribution in [-0.2, 0) is 4.74 Å². The van der Waals surface area contributed by atoms with E-state index in [2.05, 4.69) is 46.9 Å². The predicted molar refractivity (Wildman–Crippen MR) is 80.7 cm³/mol. The zero-order chi connectivity index (χ0) is 14.0. The molecular formula is C14H14BrNO2S. The normalized spacial score (nSPS) is 10.8. The third kappa shape index (κ3) is 3.04. The standard InChI is InChI=1S/C14H14BrNO2S/c1-8(2)9-4-6-10(7-5-9)12-11(13(17)18-3)16-14(15)19-12/h4-8H,1-3H3. The van der Waals surface area contributed by atoms with Crippen LogP contribution in [0.15, 0.2) is 28.2 Å². The Morgan fingerprint density at radius 2 is 1.95 bits per heavy atom. The smallest absolute Gasteiger partial charge is 0.358 e. The van der Waals surface area contributed by atoms with Crippen molar-refractivity contribution in [2.45, 2.75) is 19.8 Å². The molecule has 3 nitrogen and oxygen atoms in total. The van der Waals surface area contributed by atoms with E-state index in [1.54, 1.807) is 0 Å². The van der Waals surface area contributed by atoms with Crippen molar-refractivity contribution >= 4 is 33.2 Å². The molecule has 1 aromatic carbocycles. The van der Waals surface area contributed by atoms with Crippen LogP contribution in [0.5, 0.6) is 0 Å². The minimum absolute atomic E-state index is 0.358. The van der Waals surface area contributed by atoms with E-state index in [4.69, 9.17) is 4.74 Å². The molecule has 0 bridgehead atoms. The molecule has 0 radical (unpaired) electrons. The first-order valence-corrected chi connectivity index (χ1v) is 7.49. The molecule has 2 aromatic rings. The summed E-state index contributed by atoms with van der Waals surface area (Å²) in [6.07, 6.45) is 0. The van der Waals surface area contributed by atoms with Gasteiger partial charge in [-0.15, -0.1) is 11.3 Å². The van der Waals surface area contributed by atoms with Gasteiger partial charge in [0.05, 0.1) is 12.0 Å². The number of carbonyl (C=O) groups is 1. The number of benzene rings is 1. The summed E-state index contributed by atoms with van der Waals surface area (Å²) in [5, 5.41) is 0. The number of aromatic nitrogens is 1. The van der Waals surface area contributed by atoms with Gasteiger partial charge in [0.1, 0.15) is 0 Å². The molecule has 0 N–H and O–H groups in total. The SMILES string of the molecule is COC(=O)c1nc(Br)sc1-c1ccc(C(C)C)cc1. The van der Waals surface area contributed by atoms with E-state index >= 15 is 0 Å². The quantitative estimate of drug-likeness (QED) is 0.773. The average Bonchev–Trinajstić information content (AvgIpc) is 2.80. The van der Waals surface area contributed by atoms with E-state index in [9.17, 15) is 4.79 Å². The fourth-order valence-electron chi connectivity index (χ4n) is 1.74. The highest BCUT2D eigenvalue weighted by atomic mass is 79.9. The number of hydrogen-bond donors (Lipinski definition) is 0. The third-order valence-electron chi connectivity index (χ3n) is 2.82. The van der Waals surface area contributed by atoms with Gasteiger partial charge in [-0.25, -0.2) is 9.78 Å². The fraction of sp³-hybridized carbons (Fsp3) is 0.286. The summed E-state index contributed by atoms with van der Waals surface area (Å²) in [6, 6.07) is 8.19. The van der Waals surface area contributed by atoms with Crippen LogP contribution in [0.1, 0.15) is 35.8 Å². The summed E-state index contributed by atoms with van der Waals surface area (Å²) < 4.78 is 5.43. The number of nitrogens with zero attached hydrogens (tertiary/aromatic N) is 1. The summed E-state index contributed by atoms with van der Waals surface area (Å²) >= 11 is 4.75. The molecule has 0 fully saturated rings. The first-order chi connectivity index (χ1) is 9.02. The van der Waals surface area contributed by atoms with Crippen LogP contribution in [0.2, 0.25) is 0 Å². The maximum Gasteiger partial charge on any atom is 0.358 e. The van der Waals surface area contributed by atoms with Crippen LogP contribution in [0, 0.1) is 0 Å². The summed E-state index contributed by atoms with van der Waals surface area (Å²) in [5.41, 5.74) is 2.61. The molecule has 0 aliphatic carbocycles. The number of carbonyl (C=O) groups excluding carboxylic acids is 1. The molecule has 1 aromatic heterocycles. The molecule has 0 amide bonds. The number of thiazole rings is 1. The van der Waals surface area contributed by atoms with E-state index in [0.29, 0.717) is 15.5 Å². The molecule has 0 aliphatic heterocycles. The van der Waals surface area contributed by atoms with Crippen molar-refractivity contribution in [1.29, 1.82) is 0 Å². The minimum atomic E-state index is -0.412. The highest BCUT2D eigenvalue weighted by Crippen LogP contribution is 2.34. The Bertz CT molecular complexity index is 590. The van der Waals surface area contributed by atoms with E-state index < -0.39 is 5.97 Å². The van der Waals surface area contributed by atoms with Gasteiger partial charge in [0.15, 0.2) is 9.61 Å². The Labute approximate surface area is 124 Å². The Hall–Kier alpha value is -1.20. The van der Waals surface area contributed by atoms with Gasteiger partial charge in [0.25, 0.3) is 0 Å². The van der Waals surface area contributed by atoms with Crippen LogP contribution >= 0.6 is 27.3 Å². The van der Waals surface area contributed by atoms with Crippen molar-refractivity contribution in [2.75, 3.05) is 7.11 Å². The maximum absolute atomic E-state index is 11.7. The van der Waals surface area contributed by atoms with Gasteiger partial charge >= 0.3 is 5.97 Å². The topological polar surface area (TPSA) is 39.2 Å². The Morgan fingerprint density at radius 1 is 1.32 bits per heavy atom. The summed E-state index contributed by atoms with van der Waals surface area (Å²) in [5.74, 6) is 0.0761. The van der Waals surface area contributed by atoms with Crippen LogP contribution in [0.3, 0.4) is 0 Å². The van der Waals surface area contributed by atoms with Gasteiger partial charge < -0.3 is 4.74 Å². The molecule has 19 heavy (non-hydrogen) atoms. The fourth-order valence-corrected chi connectivity index (χ4v) is 3.19. The van der Waals surface area contributed by atoms with Crippen molar-refractivity contribution < 1.29 is 9.53 Å². The first kappa shape index (κ1) is 14.2. The molecule has 0 aliphatic rings. The molecular weight excluding hydrogens is 326 g/mol. The van der Waals surface area contributed by atoms with Crippen LogP contribution < -0.4 is 0 Å². The molecule has 0 saturated carbocycles. The Morgan fingerprint density at radius 3 is 2.47 bits per heavy atom. The second kappa shape index (κ2) is 5.84. The van der Waals surface area contributed by atoms with Crippen molar-refractivity contribution in [3.63, 3.8) is 0 Å². The van der Waals surface area contributed by atoms with Crippen LogP contribution in [0.4, 0.5) is 0 Å². The van der Waals surface area contributed by atoms with Crippen molar-refractivity contribution in [3.05, 3.63) is 39.4 Å². The highest BCUT2D eigenvalue weighted by molar-refractivity contribution is 9.11. The number of methoxy groups -OCH3 is 1. The summed E-state index contributed by atoms with van der Waals surface area (Å²) in [7, 11) is 1.36. The molecule has 5 heteroatoms. The molecule has 2 rings (SSSR count). The van der Waals surface area contributed by atoms with E-state index in [-0.39, 0.29) is 0 Å². The van der Waals surface area contributed by atoms with Crippen LogP contribution in [0.25, 0.3) is 10.4 Å². The first-order valence-electron chi connectivity index (χ1n) is 5.88. The van der Waals surface area contributed by atoms with E-state index in [1.807, 2.05) is 12.1 Å². The molecule has 100 valence electrons. The average molecular weight is 340 g/mol. The van der Waals surface area contributed by atoms with Gasteiger partial charge in [-0.1, -0.05) is 38.1 Å². The van der Waals surface area contributed by atoms with Crippen molar-refractivity contribution in [2.24, 2.45) is 0 Å². The monoisotopic (exact) mass is 339 g/mol. The van der Waals surface area contributed by atoms with Gasteiger partial charge in [-0.05, 0) is 33.0 Å². The number of hydrogen-bond acceptors (Lipinski definition) is 4. The molecule has 0 unspecified atom stereocenters. The lowest BCUT2D eigenvalue weighted by Crippen LogP contribution is -2.03. The van der Waals surface area contributed by atoms with Crippen molar-refractivity contribution in [3.8, 4) is 10.4 Å². The van der Waals surface area contributed by atoms with Gasteiger partial charge in [0.2, 0.25) is 0 Å². The van der Waals surface area contributed by atoms with Gasteiger partial charge in [0, 0.05) is 0 Å². The maximum atomic E-state index is 11.7. The summed E-state index contributed by atoms with van der Waals surface area (Å²) in [6.45, 7) is 4.30. The molecule has 0 saturated heterocycles. The van der Waals surface area contributed by atoms with Crippen molar-refractivity contribution in [1.82, 2.24) is 4.98 Å². The Kier molecular flexibility index (Phi) is 4.37. The lowest BCUT2D eigenvalue weighted by atomic mass is 10.0. The van der Waals surface area contributed by atoms with E-state index in [1.165, 1.54) is 24.0 Å². The van der Waals surface area contributed by atoms with Gasteiger partial charge in [-0.2, -0.15) is 0 Å².